The van der Waals surface area contributed by atoms with Crippen molar-refractivity contribution in [2.75, 3.05) is 0 Å². The molecule has 0 saturated carbocycles. The summed E-state index contributed by atoms with van der Waals surface area (Å²) in [5.41, 5.74) is 1.17. The zero-order valence-corrected chi connectivity index (χ0v) is 10.1. The SMILES string of the molecule is CCC1(CC)C=CC(C)(C)C1(C)C. The Morgan fingerprint density at radius 3 is 1.46 bits per heavy atom. The molecule has 0 saturated heterocycles. The first-order valence-corrected chi connectivity index (χ1v) is 5.53. The zero-order valence-electron chi connectivity index (χ0n) is 10.1. The Morgan fingerprint density at radius 1 is 0.846 bits per heavy atom. The fraction of sp³-hybridized carbons (Fsp3) is 0.846. The molecule has 0 amide bonds. The first kappa shape index (κ1) is 10.8. The summed E-state index contributed by atoms with van der Waals surface area (Å²) >= 11 is 0. The van der Waals surface area contributed by atoms with E-state index in [1.807, 2.05) is 0 Å². The van der Waals surface area contributed by atoms with Crippen molar-refractivity contribution in [2.24, 2.45) is 16.2 Å². The summed E-state index contributed by atoms with van der Waals surface area (Å²) in [6.07, 6.45) is 7.40. The molecule has 0 N–H and O–H groups in total. The van der Waals surface area contributed by atoms with Crippen LogP contribution in [0.3, 0.4) is 0 Å². The molecule has 0 bridgehead atoms. The van der Waals surface area contributed by atoms with Gasteiger partial charge in [0.05, 0.1) is 0 Å². The zero-order chi connectivity index (χ0) is 10.3. The van der Waals surface area contributed by atoms with Crippen molar-refractivity contribution in [3.63, 3.8) is 0 Å². The fourth-order valence-electron chi connectivity index (χ4n) is 2.80. The number of hydrogen-bond acceptors (Lipinski definition) is 0. The molecular weight excluding hydrogens is 156 g/mol. The summed E-state index contributed by atoms with van der Waals surface area (Å²) < 4.78 is 0. The van der Waals surface area contributed by atoms with Gasteiger partial charge in [0.25, 0.3) is 0 Å². The van der Waals surface area contributed by atoms with Crippen molar-refractivity contribution in [3.05, 3.63) is 12.2 Å². The molecule has 0 unspecified atom stereocenters. The molecular formula is C13H24. The standard InChI is InChI=1S/C13H24/c1-7-13(8-2)10-9-11(3,4)12(13,5)6/h9-10H,7-8H2,1-6H3. The van der Waals surface area contributed by atoms with E-state index in [0.717, 1.165) is 0 Å². The molecule has 0 heterocycles. The first-order valence-electron chi connectivity index (χ1n) is 5.53. The molecule has 0 spiro atoms. The van der Waals surface area contributed by atoms with Gasteiger partial charge in [-0.15, -0.1) is 0 Å². The largest absolute Gasteiger partial charge is 0.0817 e. The Labute approximate surface area is 83.4 Å². The van der Waals surface area contributed by atoms with Crippen LogP contribution in [0.2, 0.25) is 0 Å². The third-order valence-corrected chi connectivity index (χ3v) is 4.94. The van der Waals surface area contributed by atoms with Gasteiger partial charge in [0.15, 0.2) is 0 Å². The second-order valence-electron chi connectivity index (χ2n) is 5.54. The monoisotopic (exact) mass is 180 g/mol. The van der Waals surface area contributed by atoms with Crippen LogP contribution >= 0.6 is 0 Å². The van der Waals surface area contributed by atoms with Crippen LogP contribution in [0.15, 0.2) is 12.2 Å². The molecule has 1 rings (SSSR count). The van der Waals surface area contributed by atoms with Crippen LogP contribution in [0.1, 0.15) is 54.4 Å². The van der Waals surface area contributed by atoms with Crippen molar-refractivity contribution >= 4 is 0 Å². The molecule has 0 aromatic heterocycles. The predicted octanol–water partition coefficient (Wildman–Crippen LogP) is 4.42. The smallest absolute Gasteiger partial charge is 0.00641 e. The highest BCUT2D eigenvalue weighted by Gasteiger charge is 2.52. The molecule has 0 aromatic rings. The Kier molecular flexibility index (Phi) is 2.38. The summed E-state index contributed by atoms with van der Waals surface area (Å²) in [6, 6.07) is 0. The molecule has 0 aliphatic heterocycles. The quantitative estimate of drug-likeness (QED) is 0.552. The number of rotatable bonds is 2. The Morgan fingerprint density at radius 2 is 1.31 bits per heavy atom. The van der Waals surface area contributed by atoms with Gasteiger partial charge in [-0.1, -0.05) is 53.7 Å². The molecule has 1 aliphatic carbocycles. The number of hydrogen-bond donors (Lipinski definition) is 0. The van der Waals surface area contributed by atoms with Crippen molar-refractivity contribution in [1.82, 2.24) is 0 Å². The lowest BCUT2D eigenvalue weighted by atomic mass is 9.56. The van der Waals surface area contributed by atoms with Crippen LogP contribution in [0.5, 0.6) is 0 Å². The van der Waals surface area contributed by atoms with E-state index in [4.69, 9.17) is 0 Å². The average Bonchev–Trinajstić information content (AvgIpc) is 2.22. The van der Waals surface area contributed by atoms with E-state index in [-0.39, 0.29) is 0 Å². The lowest BCUT2D eigenvalue weighted by molar-refractivity contribution is 0.0379. The van der Waals surface area contributed by atoms with Gasteiger partial charge in [-0.05, 0) is 29.1 Å². The first-order chi connectivity index (χ1) is 5.83. The van der Waals surface area contributed by atoms with E-state index in [9.17, 15) is 0 Å². The minimum absolute atomic E-state index is 0.346. The van der Waals surface area contributed by atoms with E-state index in [0.29, 0.717) is 16.2 Å². The van der Waals surface area contributed by atoms with Crippen LogP contribution in [0.4, 0.5) is 0 Å². The van der Waals surface area contributed by atoms with E-state index < -0.39 is 0 Å². The Bertz CT molecular complexity index is 214. The third-order valence-electron chi connectivity index (χ3n) is 4.94. The van der Waals surface area contributed by atoms with Gasteiger partial charge < -0.3 is 0 Å². The molecule has 0 nitrogen and oxygen atoms in total. The molecule has 0 heteroatoms. The molecule has 0 fully saturated rings. The fourth-order valence-corrected chi connectivity index (χ4v) is 2.80. The van der Waals surface area contributed by atoms with Crippen LogP contribution in [0.25, 0.3) is 0 Å². The molecule has 0 aromatic carbocycles. The Hall–Kier alpha value is -0.260. The number of allylic oxidation sites excluding steroid dienone is 2. The van der Waals surface area contributed by atoms with Gasteiger partial charge >= 0.3 is 0 Å². The van der Waals surface area contributed by atoms with Crippen molar-refractivity contribution in [3.8, 4) is 0 Å². The summed E-state index contributed by atoms with van der Waals surface area (Å²) in [6.45, 7) is 14.2. The Balaban J connectivity index is 3.12. The molecule has 0 atom stereocenters. The van der Waals surface area contributed by atoms with Crippen LogP contribution in [0, 0.1) is 16.2 Å². The van der Waals surface area contributed by atoms with Crippen LogP contribution < -0.4 is 0 Å². The minimum atomic E-state index is 0.346. The van der Waals surface area contributed by atoms with E-state index in [1.165, 1.54) is 12.8 Å². The van der Waals surface area contributed by atoms with Gasteiger partial charge in [-0.25, -0.2) is 0 Å². The van der Waals surface area contributed by atoms with Gasteiger partial charge in [-0.3, -0.25) is 0 Å². The molecule has 13 heavy (non-hydrogen) atoms. The highest BCUT2D eigenvalue weighted by Crippen LogP contribution is 2.61. The summed E-state index contributed by atoms with van der Waals surface area (Å²) in [5.74, 6) is 0. The van der Waals surface area contributed by atoms with E-state index in [2.05, 4.69) is 53.7 Å². The highest BCUT2D eigenvalue weighted by atomic mass is 14.6. The van der Waals surface area contributed by atoms with Gasteiger partial charge in [0.2, 0.25) is 0 Å². The topological polar surface area (TPSA) is 0 Å². The van der Waals surface area contributed by atoms with Gasteiger partial charge in [0.1, 0.15) is 0 Å². The second kappa shape index (κ2) is 2.87. The van der Waals surface area contributed by atoms with Crippen molar-refractivity contribution in [2.45, 2.75) is 54.4 Å². The van der Waals surface area contributed by atoms with Gasteiger partial charge in [0, 0.05) is 0 Å². The summed E-state index contributed by atoms with van der Waals surface area (Å²) in [5, 5.41) is 0. The van der Waals surface area contributed by atoms with E-state index in [1.54, 1.807) is 0 Å². The third kappa shape index (κ3) is 1.18. The van der Waals surface area contributed by atoms with Crippen LogP contribution in [-0.4, -0.2) is 0 Å². The molecule has 1 aliphatic rings. The van der Waals surface area contributed by atoms with Crippen LogP contribution in [-0.2, 0) is 0 Å². The summed E-state index contributed by atoms with van der Waals surface area (Å²) in [7, 11) is 0. The maximum Gasteiger partial charge on any atom is -0.00641 e. The lowest BCUT2D eigenvalue weighted by Crippen LogP contribution is -2.40. The van der Waals surface area contributed by atoms with Crippen molar-refractivity contribution < 1.29 is 0 Å². The second-order valence-corrected chi connectivity index (χ2v) is 5.54. The average molecular weight is 180 g/mol. The predicted molar refractivity (Wildman–Crippen MR) is 59.7 cm³/mol. The normalized spacial score (nSPS) is 27.8. The molecule has 0 radical (unpaired) electrons. The van der Waals surface area contributed by atoms with Gasteiger partial charge in [-0.2, -0.15) is 0 Å². The highest BCUT2D eigenvalue weighted by molar-refractivity contribution is 5.22. The minimum Gasteiger partial charge on any atom is -0.0817 e. The van der Waals surface area contributed by atoms with E-state index >= 15 is 0 Å². The van der Waals surface area contributed by atoms with Crippen molar-refractivity contribution in [1.29, 1.82) is 0 Å². The summed E-state index contributed by atoms with van der Waals surface area (Å²) in [4.78, 5) is 0. The molecule has 76 valence electrons. The maximum atomic E-state index is 2.47. The lowest BCUT2D eigenvalue weighted by Gasteiger charge is -2.47. The maximum absolute atomic E-state index is 2.47.